The van der Waals surface area contributed by atoms with Gasteiger partial charge in [-0.2, -0.15) is 4.73 Å². The van der Waals surface area contributed by atoms with Crippen molar-refractivity contribution in [2.24, 2.45) is 11.1 Å². The molecule has 0 spiro atoms. The highest BCUT2D eigenvalue weighted by Crippen LogP contribution is 2.45. The van der Waals surface area contributed by atoms with Crippen molar-refractivity contribution in [3.05, 3.63) is 62.0 Å². The molecule has 2 aliphatic heterocycles. The number of oxime groups is 1. The number of fused-ring (bicyclic) bond motifs is 1. The van der Waals surface area contributed by atoms with E-state index in [0.717, 1.165) is 16.2 Å². The first kappa shape index (κ1) is 39.9. The Labute approximate surface area is 321 Å². The van der Waals surface area contributed by atoms with E-state index in [1.165, 1.54) is 35.8 Å². The molecule has 0 aromatic carbocycles. The van der Waals surface area contributed by atoms with Crippen LogP contribution in [0.3, 0.4) is 0 Å². The lowest BCUT2D eigenvalue weighted by Crippen LogP contribution is -2.62. The van der Waals surface area contributed by atoms with Gasteiger partial charge in [-0.05, 0) is 11.9 Å². The number of carboxylic acids is 2. The number of aromatic nitrogens is 4. The molecule has 22 nitrogen and oxygen atoms in total. The molecule has 25 heteroatoms. The molecule has 10 N–H and O–H groups in total. The molecule has 3 amide bonds. The molecular formula is C30H30ClN10O12S2+. The molecule has 3 atom stereocenters. The average molecular weight is 822 g/mol. The molecule has 3 aromatic rings. The Morgan fingerprint density at radius 2 is 1.95 bits per heavy atom. The number of nitrogens with two attached hydrogens (primary N) is 2. The van der Waals surface area contributed by atoms with Crippen LogP contribution in [0.2, 0.25) is 4.34 Å². The number of aliphatic carboxylic acids is 2. The van der Waals surface area contributed by atoms with E-state index in [9.17, 15) is 49.0 Å². The van der Waals surface area contributed by atoms with Crippen LogP contribution in [0.5, 0.6) is 5.75 Å². The first-order valence-electron chi connectivity index (χ1n) is 15.7. The highest BCUT2D eigenvalue weighted by atomic mass is 35.5. The monoisotopic (exact) mass is 821 g/mol. The Morgan fingerprint density at radius 3 is 2.60 bits per heavy atom. The van der Waals surface area contributed by atoms with Crippen molar-refractivity contribution in [1.82, 2.24) is 24.9 Å². The topological polar surface area (TPSA) is 336 Å². The van der Waals surface area contributed by atoms with E-state index in [1.807, 2.05) is 0 Å². The number of nitrogens with one attached hydrogen (secondary N) is 2. The highest BCUT2D eigenvalue weighted by Gasteiger charge is 2.54. The smallest absolute Gasteiger partial charge is 0.352 e. The van der Waals surface area contributed by atoms with Crippen LogP contribution in [0.25, 0.3) is 0 Å². The molecular weight excluding hydrogens is 792 g/mol. The van der Waals surface area contributed by atoms with E-state index in [0.29, 0.717) is 17.8 Å². The fourth-order valence-electron chi connectivity index (χ4n) is 5.25. The molecule has 1 saturated heterocycles. The van der Waals surface area contributed by atoms with Gasteiger partial charge >= 0.3 is 11.9 Å². The van der Waals surface area contributed by atoms with E-state index in [1.54, 1.807) is 0 Å². The number of hydrogen-bond donors (Lipinski definition) is 8. The number of aromatic hydroxyl groups is 1. The van der Waals surface area contributed by atoms with E-state index in [4.69, 9.17) is 33.0 Å². The molecule has 5 heterocycles. The lowest BCUT2D eigenvalue weighted by Gasteiger charge is -2.49. The molecule has 0 aliphatic carbocycles. The Morgan fingerprint density at radius 1 is 1.22 bits per heavy atom. The summed E-state index contributed by atoms with van der Waals surface area (Å²) in [6.45, 7) is 0.843. The van der Waals surface area contributed by atoms with Crippen molar-refractivity contribution in [3.8, 4) is 5.75 Å². The van der Waals surface area contributed by atoms with Crippen molar-refractivity contribution in [2.75, 3.05) is 29.1 Å². The zero-order valence-corrected chi connectivity index (χ0v) is 30.6. The summed E-state index contributed by atoms with van der Waals surface area (Å²) in [5, 5.41) is 46.2. The molecule has 1 fully saturated rings. The number of carboxylic acid groups (broad SMARTS) is 2. The van der Waals surface area contributed by atoms with E-state index in [2.05, 4.69) is 25.8 Å². The minimum absolute atomic E-state index is 0.00980. The number of amides is 3. The Kier molecular flexibility index (Phi) is 11.9. The number of anilines is 3. The second-order valence-electron chi connectivity index (χ2n) is 11.8. The highest BCUT2D eigenvalue weighted by molar-refractivity contribution is 8.00. The fourth-order valence-corrected chi connectivity index (χ4v) is 7.58. The Hall–Kier alpha value is -6.27. The number of pyridine rings is 1. The molecule has 55 heavy (non-hydrogen) atoms. The lowest BCUT2D eigenvalue weighted by molar-refractivity contribution is -0.691. The summed E-state index contributed by atoms with van der Waals surface area (Å²) in [7, 11) is 0. The van der Waals surface area contributed by atoms with Crippen LogP contribution in [-0.2, 0) is 35.4 Å². The third kappa shape index (κ3) is 8.76. The standard InChI is InChI=1S/C30H29ClN10O12S2/c1-11(28(48)49)53-38-20(21-23(31)55-30(33)37-21)17(43)4-13-26(47)41-22(29(50)51)12(9-54-27(13)41)6-39-7-14(24(32)35-10-39)36-19(45)2-3-34-25(46)15-5-16(42)18(44)8-40(15)52/h5,7-8,10-11,13,27,32,52H,2-4,6,9H2,1H3,(H7,33,34,36,37,44,45,46,48,49,50,51)/p+1/b38-20+/t11-,13+,27?/m0/s1. The van der Waals surface area contributed by atoms with Gasteiger partial charge < -0.3 is 47.5 Å². The molecule has 0 saturated carbocycles. The zero-order valence-electron chi connectivity index (χ0n) is 28.2. The summed E-state index contributed by atoms with van der Waals surface area (Å²) >= 11 is 8.21. The fraction of sp³-hybridized carbons (Fsp3) is 0.300. The Bertz CT molecular complexity index is 2240. The Balaban J connectivity index is 1.25. The number of carbonyl (C=O) groups excluding carboxylic acids is 4. The lowest BCUT2D eigenvalue weighted by atomic mass is 9.89. The van der Waals surface area contributed by atoms with Crippen molar-refractivity contribution < 1.29 is 58.7 Å². The van der Waals surface area contributed by atoms with Crippen LogP contribution in [-0.4, -0.2) is 105 Å². The number of Topliss-reactive ketones (excluding diaryl/α,β-unsaturated/α-hetero) is 1. The SMILES string of the molecule is C[C@H](O/N=C(\C(=O)C[C@@H]1C(=O)N2C(C(=O)O)=C(C[n+]3cnc(N)c(NC(=O)CCNC(=O)c4cc(=O)c(O)cn4O)c3)CSC12)c1nc(N)sc1Cl)C(=O)O. The maximum atomic E-state index is 13.4. The summed E-state index contributed by atoms with van der Waals surface area (Å²) in [6.07, 6.45) is 1.11. The number of β-lactam (4-membered cyclic amide) rings is 1. The minimum atomic E-state index is -1.44. The summed E-state index contributed by atoms with van der Waals surface area (Å²) in [5.74, 6) is -7.49. The van der Waals surface area contributed by atoms with Gasteiger partial charge in [-0.3, -0.25) is 28.9 Å². The maximum Gasteiger partial charge on any atom is 0.352 e. The van der Waals surface area contributed by atoms with E-state index >= 15 is 0 Å². The number of ketones is 1. The van der Waals surface area contributed by atoms with Crippen molar-refractivity contribution in [1.29, 1.82) is 0 Å². The summed E-state index contributed by atoms with van der Waals surface area (Å²) in [6, 6.07) is 0.710. The number of nitrogen functional groups attached to an aromatic ring is 2. The number of rotatable bonds is 15. The van der Waals surface area contributed by atoms with Gasteiger partial charge in [-0.1, -0.05) is 28.1 Å². The van der Waals surface area contributed by atoms with Crippen molar-refractivity contribution in [2.45, 2.75) is 37.8 Å². The first-order chi connectivity index (χ1) is 26.0. The van der Waals surface area contributed by atoms with Gasteiger partial charge in [0.25, 0.3) is 18.1 Å². The van der Waals surface area contributed by atoms with Crippen LogP contribution in [0.15, 0.2) is 46.0 Å². The van der Waals surface area contributed by atoms with Gasteiger partial charge in [0.15, 0.2) is 28.1 Å². The summed E-state index contributed by atoms with van der Waals surface area (Å²) in [5.41, 5.74) is 9.67. The maximum absolute atomic E-state index is 13.4. The summed E-state index contributed by atoms with van der Waals surface area (Å²) in [4.78, 5) is 101. The van der Waals surface area contributed by atoms with Gasteiger partial charge in [0.1, 0.15) is 34.2 Å². The molecule has 0 bridgehead atoms. The second-order valence-corrected chi connectivity index (χ2v) is 14.5. The van der Waals surface area contributed by atoms with Gasteiger partial charge in [-0.25, -0.2) is 19.1 Å². The van der Waals surface area contributed by atoms with Crippen molar-refractivity contribution in [3.63, 3.8) is 0 Å². The van der Waals surface area contributed by atoms with Gasteiger partial charge in [0, 0.05) is 36.8 Å². The van der Waals surface area contributed by atoms with E-state index < -0.39 is 81.8 Å². The number of thioether (sulfide) groups is 1. The number of thiazole rings is 1. The molecule has 0 radical (unpaired) electrons. The second kappa shape index (κ2) is 16.4. The molecule has 2 aliphatic rings. The van der Waals surface area contributed by atoms with Crippen molar-refractivity contribution >= 4 is 92.5 Å². The minimum Gasteiger partial charge on any atom is -0.503 e. The molecule has 3 aromatic heterocycles. The van der Waals surface area contributed by atoms with Gasteiger partial charge in [0.05, 0.1) is 17.5 Å². The number of halogens is 1. The van der Waals surface area contributed by atoms with Gasteiger partial charge in [0.2, 0.25) is 23.3 Å². The normalized spacial score (nSPS) is 17.2. The quantitative estimate of drug-likeness (QED) is 0.0307. The van der Waals surface area contributed by atoms with Crippen LogP contribution < -0.4 is 32.1 Å². The summed E-state index contributed by atoms with van der Waals surface area (Å²) < 4.78 is 1.65. The van der Waals surface area contributed by atoms with Crippen LogP contribution >= 0.6 is 34.7 Å². The third-order valence-electron chi connectivity index (χ3n) is 7.95. The average Bonchev–Trinajstić information content (AvgIpc) is 3.46. The molecule has 5 rings (SSSR count). The molecule has 290 valence electrons. The van der Waals surface area contributed by atoms with Crippen LogP contribution in [0.1, 0.15) is 35.9 Å². The number of hydrogen-bond acceptors (Lipinski definition) is 17. The largest absolute Gasteiger partial charge is 0.503 e. The predicted molar refractivity (Wildman–Crippen MR) is 191 cm³/mol. The van der Waals surface area contributed by atoms with E-state index in [-0.39, 0.29) is 62.4 Å². The third-order valence-corrected chi connectivity index (χ3v) is 10.4. The number of carbonyl (C=O) groups is 6. The number of nitrogens with zero attached hydrogens (tertiary/aromatic N) is 6. The first-order valence-corrected chi connectivity index (χ1v) is 17.9. The zero-order chi connectivity index (χ0) is 40.3. The molecule has 1 unspecified atom stereocenters. The van der Waals surface area contributed by atoms with Crippen LogP contribution in [0.4, 0.5) is 16.6 Å². The predicted octanol–water partition coefficient (Wildman–Crippen LogP) is -0.770. The van der Waals surface area contributed by atoms with Crippen LogP contribution in [0, 0.1) is 5.92 Å². The van der Waals surface area contributed by atoms with Gasteiger partial charge in [-0.15, -0.1) is 11.8 Å².